The minimum Gasteiger partial charge on any atom is -0.351 e. The Morgan fingerprint density at radius 3 is 2.89 bits per heavy atom. The summed E-state index contributed by atoms with van der Waals surface area (Å²) < 4.78 is 1.04. The fraction of sp³-hybridized carbons (Fsp3) is 0.800. The number of alkyl halides is 1. The van der Waals surface area contributed by atoms with Crippen LogP contribution in [0.5, 0.6) is 0 Å². The highest BCUT2D eigenvalue weighted by Gasteiger charge is 2.00. The summed E-state index contributed by atoms with van der Waals surface area (Å²) in [6.07, 6.45) is 1.84. The summed E-state index contributed by atoms with van der Waals surface area (Å²) in [5.41, 5.74) is 0. The van der Waals surface area contributed by atoms with Gasteiger partial charge in [-0.1, -0.05) is 29.5 Å². The molecule has 0 aromatic heterocycles. The van der Waals surface area contributed by atoms with Gasteiger partial charge in [-0.05, 0) is 6.42 Å². The van der Waals surface area contributed by atoms with Gasteiger partial charge < -0.3 is 10.0 Å². The van der Waals surface area contributed by atoms with Crippen molar-refractivity contribution in [2.45, 2.75) is 19.4 Å². The minimum absolute atomic E-state index is 0.454. The number of halogens is 1. The van der Waals surface area contributed by atoms with Crippen LogP contribution in [0, 0.1) is 0 Å². The maximum Gasteiger partial charge on any atom is 0.290 e. The SMILES string of the molecule is CC[C@H](CI)N[B]C=O. The number of rotatable bonds is 5. The maximum atomic E-state index is 9.82. The van der Waals surface area contributed by atoms with Crippen molar-refractivity contribution in [3.8, 4) is 0 Å². The Balaban J connectivity index is 3.19. The summed E-state index contributed by atoms with van der Waals surface area (Å²) in [6.45, 7) is 2.09. The van der Waals surface area contributed by atoms with Crippen LogP contribution < -0.4 is 5.23 Å². The molecule has 0 amide bonds. The molecule has 0 spiro atoms. The molecular formula is C5H10BINO. The molecule has 0 bridgehead atoms. The third-order valence-electron chi connectivity index (χ3n) is 1.08. The number of hydrogen-bond donors (Lipinski definition) is 1. The Hall–Kier alpha value is 0.425. The van der Waals surface area contributed by atoms with Crippen molar-refractivity contribution in [2.75, 3.05) is 4.43 Å². The van der Waals surface area contributed by atoms with Crippen molar-refractivity contribution < 1.29 is 4.79 Å². The van der Waals surface area contributed by atoms with Crippen LogP contribution in [0.1, 0.15) is 13.3 Å². The Kier molecular flexibility index (Phi) is 6.85. The molecule has 9 heavy (non-hydrogen) atoms. The van der Waals surface area contributed by atoms with Gasteiger partial charge >= 0.3 is 0 Å². The van der Waals surface area contributed by atoms with Gasteiger partial charge in [-0.2, -0.15) is 0 Å². The van der Waals surface area contributed by atoms with E-state index in [4.69, 9.17) is 0 Å². The van der Waals surface area contributed by atoms with Gasteiger partial charge in [0.2, 0.25) is 0 Å². The van der Waals surface area contributed by atoms with Crippen LogP contribution in [0.2, 0.25) is 0 Å². The molecule has 4 heteroatoms. The molecular weight excluding hydrogens is 228 g/mol. The second-order valence-electron chi connectivity index (χ2n) is 1.73. The van der Waals surface area contributed by atoms with Gasteiger partial charge in [0.15, 0.2) is 0 Å². The van der Waals surface area contributed by atoms with Gasteiger partial charge in [0.25, 0.3) is 7.41 Å². The van der Waals surface area contributed by atoms with Gasteiger partial charge in [0.1, 0.15) is 0 Å². The highest BCUT2D eigenvalue weighted by Crippen LogP contribution is 1.94. The predicted molar refractivity (Wildman–Crippen MR) is 48.6 cm³/mol. The van der Waals surface area contributed by atoms with Crippen LogP contribution >= 0.6 is 22.6 Å². The van der Waals surface area contributed by atoms with Crippen LogP contribution in [-0.2, 0) is 4.79 Å². The van der Waals surface area contributed by atoms with E-state index in [2.05, 4.69) is 34.7 Å². The Bertz CT molecular complexity index is 77.4. The third kappa shape index (κ3) is 4.90. The molecule has 1 atom stereocenters. The summed E-state index contributed by atoms with van der Waals surface area (Å²) in [5, 5.41) is 2.97. The molecule has 0 aliphatic rings. The first kappa shape index (κ1) is 9.42. The number of nitrogens with one attached hydrogen (secondary N) is 1. The van der Waals surface area contributed by atoms with E-state index in [9.17, 15) is 4.79 Å². The first-order valence-electron chi connectivity index (χ1n) is 2.94. The van der Waals surface area contributed by atoms with Crippen LogP contribution in [0.3, 0.4) is 0 Å². The average Bonchev–Trinajstić information content (AvgIpc) is 1.91. The van der Waals surface area contributed by atoms with Gasteiger partial charge in [0.05, 0.1) is 6.19 Å². The van der Waals surface area contributed by atoms with Crippen molar-refractivity contribution in [1.82, 2.24) is 5.23 Å². The zero-order chi connectivity index (χ0) is 7.11. The zero-order valence-electron chi connectivity index (χ0n) is 5.43. The first-order valence-corrected chi connectivity index (χ1v) is 4.46. The normalized spacial score (nSPS) is 12.7. The van der Waals surface area contributed by atoms with Crippen molar-refractivity contribution in [3.05, 3.63) is 0 Å². The third-order valence-corrected chi connectivity index (χ3v) is 2.14. The molecule has 1 radical (unpaired) electrons. The molecule has 0 fully saturated rings. The van der Waals surface area contributed by atoms with E-state index in [1.54, 1.807) is 0 Å². The predicted octanol–water partition coefficient (Wildman–Crippen LogP) is 0.599. The summed E-state index contributed by atoms with van der Waals surface area (Å²) in [5.74, 6) is 0. The second-order valence-corrected chi connectivity index (χ2v) is 2.61. The van der Waals surface area contributed by atoms with E-state index in [-0.39, 0.29) is 0 Å². The molecule has 0 saturated carbocycles. The van der Waals surface area contributed by atoms with E-state index in [1.165, 1.54) is 7.41 Å². The fourth-order valence-electron chi connectivity index (χ4n) is 0.447. The van der Waals surface area contributed by atoms with Gasteiger partial charge in [-0.3, -0.25) is 0 Å². The smallest absolute Gasteiger partial charge is 0.290 e. The zero-order valence-corrected chi connectivity index (χ0v) is 7.59. The molecule has 0 rings (SSSR count). The van der Waals surface area contributed by atoms with Crippen LogP contribution in [-0.4, -0.2) is 24.1 Å². The van der Waals surface area contributed by atoms with Crippen molar-refractivity contribution in [1.29, 1.82) is 0 Å². The molecule has 0 aromatic carbocycles. The van der Waals surface area contributed by atoms with Gasteiger partial charge in [-0.15, -0.1) is 0 Å². The number of carbonyl (C=O) groups excluding carboxylic acids is 1. The fourth-order valence-corrected chi connectivity index (χ4v) is 1.32. The summed E-state index contributed by atoms with van der Waals surface area (Å²) >= 11 is 2.29. The molecule has 0 unspecified atom stereocenters. The average molecular weight is 238 g/mol. The van der Waals surface area contributed by atoms with Crippen LogP contribution in [0.25, 0.3) is 0 Å². The van der Waals surface area contributed by atoms with Crippen molar-refractivity contribution in [3.63, 3.8) is 0 Å². The lowest BCUT2D eigenvalue weighted by Crippen LogP contribution is -2.33. The lowest BCUT2D eigenvalue weighted by Gasteiger charge is -2.09. The number of carbonyl (C=O) groups is 1. The molecule has 51 valence electrons. The molecule has 0 saturated heterocycles. The van der Waals surface area contributed by atoms with Gasteiger partial charge in [0, 0.05) is 10.5 Å². The Morgan fingerprint density at radius 1 is 1.89 bits per heavy atom. The van der Waals surface area contributed by atoms with Crippen LogP contribution in [0.15, 0.2) is 0 Å². The summed E-state index contributed by atoms with van der Waals surface area (Å²) in [4.78, 5) is 9.82. The van der Waals surface area contributed by atoms with Gasteiger partial charge in [-0.25, -0.2) is 0 Å². The number of hydrogen-bond acceptors (Lipinski definition) is 2. The first-order chi connectivity index (χ1) is 4.35. The highest BCUT2D eigenvalue weighted by molar-refractivity contribution is 14.1. The Morgan fingerprint density at radius 2 is 2.56 bits per heavy atom. The molecule has 0 aromatic rings. The quantitative estimate of drug-likeness (QED) is 0.329. The van der Waals surface area contributed by atoms with E-state index < -0.39 is 0 Å². The molecule has 0 heterocycles. The summed E-state index contributed by atoms with van der Waals surface area (Å²) in [6, 6.07) is 0.454. The lowest BCUT2D eigenvalue weighted by molar-refractivity contribution is 0.566. The molecule has 0 aliphatic heterocycles. The van der Waals surface area contributed by atoms with E-state index in [0.29, 0.717) is 6.04 Å². The monoisotopic (exact) mass is 238 g/mol. The second kappa shape index (κ2) is 6.54. The largest absolute Gasteiger partial charge is 0.351 e. The van der Waals surface area contributed by atoms with E-state index >= 15 is 0 Å². The Labute approximate surface area is 70.2 Å². The standard InChI is InChI=1S/C5H10BINO/c1-2-5(3-7)8-6-4-9/h4-5,8H,2-3H2,1H3/t5-/m1/s1. The van der Waals surface area contributed by atoms with Crippen LogP contribution in [0.4, 0.5) is 0 Å². The molecule has 0 aliphatic carbocycles. The van der Waals surface area contributed by atoms with E-state index in [0.717, 1.165) is 17.0 Å². The van der Waals surface area contributed by atoms with Crippen molar-refractivity contribution in [2.24, 2.45) is 0 Å². The molecule has 2 nitrogen and oxygen atoms in total. The lowest BCUT2D eigenvalue weighted by atomic mass is 9.96. The topological polar surface area (TPSA) is 29.1 Å². The highest BCUT2D eigenvalue weighted by atomic mass is 127. The molecule has 1 N–H and O–H groups in total. The summed E-state index contributed by atoms with van der Waals surface area (Å²) in [7, 11) is 1.45. The maximum absolute atomic E-state index is 9.82. The van der Waals surface area contributed by atoms with E-state index in [1.807, 2.05) is 0 Å². The minimum atomic E-state index is 0.454. The van der Waals surface area contributed by atoms with Crippen molar-refractivity contribution >= 4 is 36.2 Å².